The van der Waals surface area contributed by atoms with E-state index in [-0.39, 0.29) is 28.1 Å². The third-order valence-electron chi connectivity index (χ3n) is 2.98. The minimum Gasteiger partial charge on any atom is -0.397 e. The van der Waals surface area contributed by atoms with Gasteiger partial charge in [0.25, 0.3) is 0 Å². The van der Waals surface area contributed by atoms with Gasteiger partial charge >= 0.3 is 0 Å². The molecule has 0 atom stereocenters. The van der Waals surface area contributed by atoms with Crippen molar-refractivity contribution in [3.63, 3.8) is 0 Å². The Labute approximate surface area is 110 Å². The molecule has 1 aliphatic carbocycles. The van der Waals surface area contributed by atoms with Crippen LogP contribution in [0.15, 0.2) is 6.07 Å². The maximum atomic E-state index is 14.2. The zero-order valence-corrected chi connectivity index (χ0v) is 10.5. The number of nitrogens with zero attached hydrogens (tertiary/aromatic N) is 2. The topological polar surface area (TPSA) is 79.1 Å². The van der Waals surface area contributed by atoms with Crippen LogP contribution >= 0.6 is 11.6 Å². The first-order valence-electron chi connectivity index (χ1n) is 5.72. The number of nitrogens with two attached hydrogens (primary N) is 2. The summed E-state index contributed by atoms with van der Waals surface area (Å²) < 4.78 is 14.2. The Hall–Kier alpha value is -1.67. The molecule has 1 aliphatic rings. The first kappa shape index (κ1) is 12.8. The lowest BCUT2D eigenvalue weighted by atomic mass is 10.2. The third-order valence-corrected chi connectivity index (χ3v) is 3.36. The lowest BCUT2D eigenvalue weighted by Gasteiger charge is -2.26. The van der Waals surface area contributed by atoms with E-state index in [0.29, 0.717) is 13.0 Å². The van der Waals surface area contributed by atoms with Crippen LogP contribution in [0.25, 0.3) is 0 Å². The summed E-state index contributed by atoms with van der Waals surface area (Å²) in [4.78, 5) is 1.82. The Kier molecular flexibility index (Phi) is 3.48. The van der Waals surface area contributed by atoms with Gasteiger partial charge in [0.15, 0.2) is 5.82 Å². The Bertz CT molecular complexity index is 508. The second-order valence-electron chi connectivity index (χ2n) is 4.36. The number of rotatable bonds is 4. The summed E-state index contributed by atoms with van der Waals surface area (Å²) in [5.74, 6) is -0.598. The molecule has 0 unspecified atom stereocenters. The summed E-state index contributed by atoms with van der Waals surface area (Å²) in [7, 11) is 0. The predicted molar refractivity (Wildman–Crippen MR) is 70.8 cm³/mol. The van der Waals surface area contributed by atoms with Crippen molar-refractivity contribution in [3.8, 4) is 6.07 Å². The lowest BCUT2D eigenvalue weighted by molar-refractivity contribution is 0.617. The summed E-state index contributed by atoms with van der Waals surface area (Å²) in [5, 5.41) is 8.54. The molecule has 1 aromatic rings. The smallest absolute Gasteiger partial charge is 0.169 e. The SMILES string of the molecule is N#CCCN(c1c(N)cc(N)c(Cl)c1F)C1CC1. The van der Waals surface area contributed by atoms with Gasteiger partial charge in [-0.25, -0.2) is 4.39 Å². The number of nitrogen functional groups attached to an aromatic ring is 2. The average Bonchev–Trinajstić information content (AvgIpc) is 3.14. The molecule has 0 aliphatic heterocycles. The van der Waals surface area contributed by atoms with E-state index in [1.807, 2.05) is 4.90 Å². The van der Waals surface area contributed by atoms with Crippen LogP contribution in [0.5, 0.6) is 0 Å². The van der Waals surface area contributed by atoms with Gasteiger partial charge in [0.05, 0.1) is 29.6 Å². The summed E-state index contributed by atoms with van der Waals surface area (Å²) in [5.41, 5.74) is 12.1. The van der Waals surface area contributed by atoms with E-state index >= 15 is 0 Å². The molecule has 18 heavy (non-hydrogen) atoms. The Morgan fingerprint density at radius 2 is 2.11 bits per heavy atom. The number of hydrogen-bond acceptors (Lipinski definition) is 4. The fourth-order valence-corrected chi connectivity index (χ4v) is 2.13. The molecule has 0 spiro atoms. The van der Waals surface area contributed by atoms with E-state index in [4.69, 9.17) is 28.3 Å². The molecule has 0 saturated heterocycles. The molecular weight excluding hydrogens is 255 g/mol. The molecule has 1 saturated carbocycles. The number of nitriles is 1. The predicted octanol–water partition coefficient (Wildman–Crippen LogP) is 2.53. The van der Waals surface area contributed by atoms with Crippen LogP contribution in [0.2, 0.25) is 5.02 Å². The van der Waals surface area contributed by atoms with Crippen LogP contribution in [-0.4, -0.2) is 12.6 Å². The third kappa shape index (κ3) is 2.29. The first-order valence-corrected chi connectivity index (χ1v) is 6.10. The summed E-state index contributed by atoms with van der Waals surface area (Å²) in [6, 6.07) is 3.76. The standard InChI is InChI=1S/C12H14ClFN4/c13-10-8(16)6-9(17)12(11(10)14)18(5-1-4-15)7-2-3-7/h6-7H,1-3,5,16-17H2. The van der Waals surface area contributed by atoms with Gasteiger partial charge in [0, 0.05) is 12.6 Å². The second kappa shape index (κ2) is 4.91. The highest BCUT2D eigenvalue weighted by atomic mass is 35.5. The highest BCUT2D eigenvalue weighted by Crippen LogP contribution is 2.41. The quantitative estimate of drug-likeness (QED) is 0.823. The van der Waals surface area contributed by atoms with Crippen LogP contribution in [-0.2, 0) is 0 Å². The maximum absolute atomic E-state index is 14.2. The van der Waals surface area contributed by atoms with Gasteiger partial charge in [0.1, 0.15) is 5.02 Å². The molecule has 2 rings (SSSR count). The molecule has 6 heteroatoms. The molecule has 1 fully saturated rings. The number of anilines is 3. The Balaban J connectivity index is 2.41. The van der Waals surface area contributed by atoms with E-state index in [1.54, 1.807) is 0 Å². The van der Waals surface area contributed by atoms with Crippen LogP contribution in [0.4, 0.5) is 21.5 Å². The number of halogens is 2. The maximum Gasteiger partial charge on any atom is 0.169 e. The fourth-order valence-electron chi connectivity index (χ4n) is 1.98. The molecule has 4 N–H and O–H groups in total. The van der Waals surface area contributed by atoms with E-state index in [9.17, 15) is 4.39 Å². The second-order valence-corrected chi connectivity index (χ2v) is 4.74. The zero-order chi connectivity index (χ0) is 13.3. The molecule has 0 aromatic heterocycles. The van der Waals surface area contributed by atoms with Gasteiger partial charge in [-0.3, -0.25) is 0 Å². The number of hydrogen-bond donors (Lipinski definition) is 2. The highest BCUT2D eigenvalue weighted by Gasteiger charge is 2.32. The summed E-state index contributed by atoms with van der Waals surface area (Å²) in [6.07, 6.45) is 2.27. The Morgan fingerprint density at radius 1 is 1.44 bits per heavy atom. The van der Waals surface area contributed by atoms with Gasteiger partial charge in [-0.1, -0.05) is 11.6 Å². The minimum absolute atomic E-state index is 0.109. The van der Waals surface area contributed by atoms with Crippen molar-refractivity contribution in [2.24, 2.45) is 0 Å². The van der Waals surface area contributed by atoms with E-state index in [1.165, 1.54) is 6.07 Å². The van der Waals surface area contributed by atoms with Crippen molar-refractivity contribution in [2.75, 3.05) is 22.9 Å². The highest BCUT2D eigenvalue weighted by molar-refractivity contribution is 6.33. The van der Waals surface area contributed by atoms with Crippen LogP contribution in [0.3, 0.4) is 0 Å². The van der Waals surface area contributed by atoms with Crippen molar-refractivity contribution < 1.29 is 4.39 Å². The molecule has 96 valence electrons. The molecule has 0 bridgehead atoms. The van der Waals surface area contributed by atoms with Gasteiger partial charge in [-0.15, -0.1) is 0 Å². The van der Waals surface area contributed by atoms with E-state index in [0.717, 1.165) is 12.8 Å². The normalized spacial score (nSPS) is 14.3. The van der Waals surface area contributed by atoms with Crippen molar-refractivity contribution in [2.45, 2.75) is 25.3 Å². The molecular formula is C12H14ClFN4. The average molecular weight is 269 g/mol. The molecule has 1 aromatic carbocycles. The summed E-state index contributed by atoms with van der Waals surface area (Å²) >= 11 is 5.81. The van der Waals surface area contributed by atoms with Crippen molar-refractivity contribution >= 4 is 28.7 Å². The number of benzene rings is 1. The van der Waals surface area contributed by atoms with E-state index in [2.05, 4.69) is 6.07 Å². The molecule has 4 nitrogen and oxygen atoms in total. The van der Waals surface area contributed by atoms with Gasteiger partial charge in [-0.05, 0) is 18.9 Å². The van der Waals surface area contributed by atoms with E-state index < -0.39 is 5.82 Å². The van der Waals surface area contributed by atoms with Crippen molar-refractivity contribution in [1.82, 2.24) is 0 Å². The van der Waals surface area contributed by atoms with Gasteiger partial charge in [0.2, 0.25) is 0 Å². The van der Waals surface area contributed by atoms with Crippen molar-refractivity contribution in [3.05, 3.63) is 16.9 Å². The minimum atomic E-state index is -0.598. The zero-order valence-electron chi connectivity index (χ0n) is 9.79. The largest absolute Gasteiger partial charge is 0.397 e. The Morgan fingerprint density at radius 3 is 2.67 bits per heavy atom. The molecule has 0 amide bonds. The summed E-state index contributed by atoms with van der Waals surface area (Å²) in [6.45, 7) is 0.447. The van der Waals surface area contributed by atoms with Crippen LogP contribution in [0.1, 0.15) is 19.3 Å². The fraction of sp³-hybridized carbons (Fsp3) is 0.417. The van der Waals surface area contributed by atoms with Gasteiger partial charge < -0.3 is 16.4 Å². The lowest BCUT2D eigenvalue weighted by Crippen LogP contribution is -2.28. The van der Waals surface area contributed by atoms with Crippen molar-refractivity contribution in [1.29, 1.82) is 5.26 Å². The van der Waals surface area contributed by atoms with Crippen LogP contribution in [0, 0.1) is 17.1 Å². The molecule has 0 radical (unpaired) electrons. The monoisotopic (exact) mass is 268 g/mol. The van der Waals surface area contributed by atoms with Gasteiger partial charge in [-0.2, -0.15) is 5.26 Å². The van der Waals surface area contributed by atoms with Crippen LogP contribution < -0.4 is 16.4 Å². The molecule has 0 heterocycles. The first-order chi connectivity index (χ1) is 8.56.